The molecule has 1 unspecified atom stereocenters. The minimum absolute atomic E-state index is 0.143. The standard InChI is InChI=1S/C7H13NO2/c1-5(2)6(4-8)7(9)10-3/h4-6,8H,1-3H3. The Morgan fingerprint density at radius 2 is 2.10 bits per heavy atom. The third-order valence-corrected chi connectivity index (χ3v) is 1.37. The average molecular weight is 143 g/mol. The average Bonchev–Trinajstić information content (AvgIpc) is 1.88. The molecule has 1 N–H and O–H groups in total. The van der Waals surface area contributed by atoms with E-state index in [2.05, 4.69) is 4.74 Å². The molecule has 0 amide bonds. The van der Waals surface area contributed by atoms with Gasteiger partial charge in [-0.05, 0) is 5.92 Å². The van der Waals surface area contributed by atoms with E-state index in [0.29, 0.717) is 0 Å². The van der Waals surface area contributed by atoms with Crippen LogP contribution in [0.1, 0.15) is 13.8 Å². The van der Waals surface area contributed by atoms with Gasteiger partial charge in [0.25, 0.3) is 0 Å². The quantitative estimate of drug-likeness (QED) is 0.474. The van der Waals surface area contributed by atoms with Gasteiger partial charge in [-0.3, -0.25) is 4.79 Å². The second-order valence-corrected chi connectivity index (χ2v) is 2.46. The molecule has 0 aromatic rings. The van der Waals surface area contributed by atoms with Crippen molar-refractivity contribution in [2.45, 2.75) is 13.8 Å². The molecule has 0 aromatic heterocycles. The summed E-state index contributed by atoms with van der Waals surface area (Å²) in [5.74, 6) is -0.569. The van der Waals surface area contributed by atoms with E-state index in [1.54, 1.807) is 0 Å². The minimum Gasteiger partial charge on any atom is -0.469 e. The molecule has 10 heavy (non-hydrogen) atoms. The monoisotopic (exact) mass is 143 g/mol. The van der Waals surface area contributed by atoms with Crippen LogP contribution < -0.4 is 0 Å². The van der Waals surface area contributed by atoms with E-state index in [1.165, 1.54) is 7.11 Å². The molecule has 0 fully saturated rings. The van der Waals surface area contributed by atoms with Gasteiger partial charge in [-0.2, -0.15) is 0 Å². The Morgan fingerprint density at radius 3 is 2.20 bits per heavy atom. The molecule has 0 aliphatic heterocycles. The fourth-order valence-electron chi connectivity index (χ4n) is 0.669. The molecule has 0 rings (SSSR count). The van der Waals surface area contributed by atoms with Crippen LogP contribution in [0.25, 0.3) is 0 Å². The second-order valence-electron chi connectivity index (χ2n) is 2.46. The molecule has 0 saturated heterocycles. The summed E-state index contributed by atoms with van der Waals surface area (Å²) in [7, 11) is 1.33. The number of hydrogen-bond donors (Lipinski definition) is 1. The van der Waals surface area contributed by atoms with E-state index in [9.17, 15) is 4.79 Å². The summed E-state index contributed by atoms with van der Waals surface area (Å²) in [6, 6.07) is 0. The largest absolute Gasteiger partial charge is 0.469 e. The highest BCUT2D eigenvalue weighted by atomic mass is 16.5. The maximum absolute atomic E-state index is 10.8. The first-order valence-electron chi connectivity index (χ1n) is 3.22. The Hall–Kier alpha value is -0.860. The van der Waals surface area contributed by atoms with Gasteiger partial charge in [0.1, 0.15) is 0 Å². The van der Waals surface area contributed by atoms with Crippen molar-refractivity contribution in [1.82, 2.24) is 0 Å². The summed E-state index contributed by atoms with van der Waals surface area (Å²) in [5.41, 5.74) is 0. The molecule has 0 spiro atoms. The zero-order valence-corrected chi connectivity index (χ0v) is 6.55. The fraction of sp³-hybridized carbons (Fsp3) is 0.714. The fourth-order valence-corrected chi connectivity index (χ4v) is 0.669. The third kappa shape index (κ3) is 2.17. The number of nitrogens with one attached hydrogen (secondary N) is 1. The van der Waals surface area contributed by atoms with E-state index in [-0.39, 0.29) is 17.8 Å². The lowest BCUT2D eigenvalue weighted by Gasteiger charge is -2.11. The number of esters is 1. The number of hydrogen-bond acceptors (Lipinski definition) is 3. The van der Waals surface area contributed by atoms with E-state index in [4.69, 9.17) is 5.41 Å². The molecule has 3 heteroatoms. The van der Waals surface area contributed by atoms with Crippen molar-refractivity contribution in [2.24, 2.45) is 11.8 Å². The highest BCUT2D eigenvalue weighted by molar-refractivity contribution is 5.88. The van der Waals surface area contributed by atoms with Crippen molar-refractivity contribution >= 4 is 12.2 Å². The molecular weight excluding hydrogens is 130 g/mol. The summed E-state index contributed by atoms with van der Waals surface area (Å²) in [5, 5.41) is 6.90. The Bertz CT molecular complexity index is 132. The molecule has 0 aromatic carbocycles. The Morgan fingerprint density at radius 1 is 1.60 bits per heavy atom. The lowest BCUT2D eigenvalue weighted by atomic mass is 9.98. The van der Waals surface area contributed by atoms with Gasteiger partial charge in [0.05, 0.1) is 13.0 Å². The first-order chi connectivity index (χ1) is 4.63. The van der Waals surface area contributed by atoms with Crippen LogP contribution in [0.5, 0.6) is 0 Å². The maximum Gasteiger partial charge on any atom is 0.314 e. The smallest absolute Gasteiger partial charge is 0.314 e. The van der Waals surface area contributed by atoms with Crippen LogP contribution >= 0.6 is 0 Å². The highest BCUT2D eigenvalue weighted by Gasteiger charge is 2.19. The lowest BCUT2D eigenvalue weighted by molar-refractivity contribution is -0.144. The van der Waals surface area contributed by atoms with Crippen LogP contribution in [-0.4, -0.2) is 19.3 Å². The van der Waals surface area contributed by atoms with Crippen LogP contribution in [0.4, 0.5) is 0 Å². The van der Waals surface area contributed by atoms with Crippen molar-refractivity contribution < 1.29 is 9.53 Å². The third-order valence-electron chi connectivity index (χ3n) is 1.37. The Labute approximate surface area is 60.9 Å². The number of carbonyl (C=O) groups excluding carboxylic acids is 1. The van der Waals surface area contributed by atoms with Gasteiger partial charge >= 0.3 is 5.97 Å². The summed E-state index contributed by atoms with van der Waals surface area (Å²) in [6.45, 7) is 3.76. The molecule has 0 saturated carbocycles. The van der Waals surface area contributed by atoms with Gasteiger partial charge in [0, 0.05) is 6.21 Å². The zero-order valence-electron chi connectivity index (χ0n) is 6.55. The summed E-state index contributed by atoms with van der Waals surface area (Å²) < 4.78 is 4.47. The molecule has 58 valence electrons. The van der Waals surface area contributed by atoms with Crippen molar-refractivity contribution in [2.75, 3.05) is 7.11 Å². The van der Waals surface area contributed by atoms with Crippen LogP contribution in [0.2, 0.25) is 0 Å². The lowest BCUT2D eigenvalue weighted by Crippen LogP contribution is -2.22. The van der Waals surface area contributed by atoms with Crippen molar-refractivity contribution in [3.63, 3.8) is 0 Å². The molecular formula is C7H13NO2. The SMILES string of the molecule is COC(=O)C(C=N)C(C)C. The number of methoxy groups -OCH3 is 1. The van der Waals surface area contributed by atoms with E-state index < -0.39 is 0 Å². The van der Waals surface area contributed by atoms with Gasteiger partial charge in [-0.1, -0.05) is 13.8 Å². The Balaban J connectivity index is 4.06. The predicted octanol–water partition coefficient (Wildman–Crippen LogP) is 1.08. The molecule has 0 radical (unpaired) electrons. The van der Waals surface area contributed by atoms with E-state index in [0.717, 1.165) is 6.21 Å². The molecule has 1 atom stereocenters. The highest BCUT2D eigenvalue weighted by Crippen LogP contribution is 2.08. The van der Waals surface area contributed by atoms with Crippen LogP contribution in [0.3, 0.4) is 0 Å². The second kappa shape index (κ2) is 4.04. The van der Waals surface area contributed by atoms with E-state index >= 15 is 0 Å². The van der Waals surface area contributed by atoms with Crippen LogP contribution in [0, 0.1) is 17.2 Å². The number of carbonyl (C=O) groups is 1. The molecule has 3 nitrogen and oxygen atoms in total. The van der Waals surface area contributed by atoms with Gasteiger partial charge in [-0.15, -0.1) is 0 Å². The van der Waals surface area contributed by atoms with Gasteiger partial charge in [0.15, 0.2) is 0 Å². The Kier molecular flexibility index (Phi) is 3.69. The number of ether oxygens (including phenoxy) is 1. The molecule has 0 bridgehead atoms. The first-order valence-corrected chi connectivity index (χ1v) is 3.22. The van der Waals surface area contributed by atoms with Crippen molar-refractivity contribution in [3.05, 3.63) is 0 Å². The topological polar surface area (TPSA) is 50.2 Å². The normalized spacial score (nSPS) is 12.8. The predicted molar refractivity (Wildman–Crippen MR) is 39.1 cm³/mol. The van der Waals surface area contributed by atoms with Gasteiger partial charge in [0.2, 0.25) is 0 Å². The van der Waals surface area contributed by atoms with Crippen LogP contribution in [-0.2, 0) is 9.53 Å². The maximum atomic E-state index is 10.8. The van der Waals surface area contributed by atoms with Gasteiger partial charge in [-0.25, -0.2) is 0 Å². The number of rotatable bonds is 3. The van der Waals surface area contributed by atoms with Crippen molar-refractivity contribution in [1.29, 1.82) is 5.41 Å². The van der Waals surface area contributed by atoms with Crippen molar-refractivity contribution in [3.8, 4) is 0 Å². The summed E-state index contributed by atoms with van der Waals surface area (Å²) >= 11 is 0. The van der Waals surface area contributed by atoms with Gasteiger partial charge < -0.3 is 10.1 Å². The minimum atomic E-state index is -0.384. The van der Waals surface area contributed by atoms with Crippen LogP contribution in [0.15, 0.2) is 0 Å². The summed E-state index contributed by atoms with van der Waals surface area (Å²) in [4.78, 5) is 10.8. The molecule has 0 aliphatic rings. The van der Waals surface area contributed by atoms with E-state index in [1.807, 2.05) is 13.8 Å². The molecule has 0 heterocycles. The first kappa shape index (κ1) is 9.14. The molecule has 0 aliphatic carbocycles. The zero-order chi connectivity index (χ0) is 8.15. The summed E-state index contributed by atoms with van der Waals surface area (Å²) in [6.07, 6.45) is 1.12.